The maximum Gasteiger partial charge on any atom is 0.243 e. The van der Waals surface area contributed by atoms with Crippen molar-refractivity contribution in [3.63, 3.8) is 0 Å². The first kappa shape index (κ1) is 15.3. The van der Waals surface area contributed by atoms with Crippen LogP contribution in [0.15, 0.2) is 29.2 Å². The van der Waals surface area contributed by atoms with Crippen LogP contribution in [0.3, 0.4) is 0 Å². The zero-order chi connectivity index (χ0) is 15.0. The van der Waals surface area contributed by atoms with Crippen LogP contribution < -0.4 is 0 Å². The number of benzene rings is 1. The highest BCUT2D eigenvalue weighted by Gasteiger charge is 2.40. The number of hydrogen-bond acceptors (Lipinski definition) is 3. The fraction of sp³-hybridized carbons (Fsp3) is 0.571. The Kier molecular flexibility index (Phi) is 4.32. The van der Waals surface area contributed by atoms with Gasteiger partial charge in [-0.1, -0.05) is 24.4 Å². The third-order valence-electron chi connectivity index (χ3n) is 3.98. The Morgan fingerprint density at radius 1 is 1.24 bits per heavy atom. The van der Waals surface area contributed by atoms with Crippen molar-refractivity contribution in [3.8, 4) is 0 Å². The van der Waals surface area contributed by atoms with Crippen molar-refractivity contribution in [1.29, 1.82) is 0 Å². The Labute approximate surface area is 131 Å². The van der Waals surface area contributed by atoms with Crippen molar-refractivity contribution in [3.05, 3.63) is 29.3 Å². The van der Waals surface area contributed by atoms with E-state index in [-0.39, 0.29) is 17.5 Å². The summed E-state index contributed by atoms with van der Waals surface area (Å²) >= 11 is 5.83. The first-order valence-electron chi connectivity index (χ1n) is 7.11. The maximum absolute atomic E-state index is 12.9. The first-order chi connectivity index (χ1) is 9.98. The average molecular weight is 326 g/mol. The molecule has 21 heavy (non-hydrogen) atoms. The molecule has 0 amide bonds. The number of halogens is 1. The summed E-state index contributed by atoms with van der Waals surface area (Å²) in [6.07, 6.45) is 3.15. The van der Waals surface area contributed by atoms with Crippen molar-refractivity contribution in [2.75, 3.05) is 13.2 Å². The molecule has 1 aliphatic carbocycles. The van der Waals surface area contributed by atoms with Gasteiger partial charge in [-0.2, -0.15) is 4.31 Å². The van der Waals surface area contributed by atoms with Crippen LogP contribution >= 0.6 is 11.6 Å². The van der Waals surface area contributed by atoms with Crippen LogP contribution in [0.2, 0.25) is 5.02 Å². The number of ether oxygens (including phenoxy) is 1. The fourth-order valence-corrected chi connectivity index (χ4v) is 4.56. The molecule has 1 saturated carbocycles. The van der Waals surface area contributed by atoms with Crippen molar-refractivity contribution < 1.29 is 13.2 Å². The van der Waals surface area contributed by atoms with E-state index in [0.29, 0.717) is 17.5 Å². The zero-order valence-corrected chi connectivity index (χ0v) is 13.2. The Morgan fingerprint density at radius 3 is 2.52 bits per heavy atom. The quantitative estimate of drug-likeness (QED) is 0.796. The smallest absolute Gasteiger partial charge is 0.243 e. The zero-order valence-electron chi connectivity index (χ0n) is 11.6. The lowest BCUT2D eigenvalue weighted by Crippen LogP contribution is -2.55. The van der Waals surface area contributed by atoms with E-state index >= 15 is 0 Å². The van der Waals surface area contributed by atoms with Gasteiger partial charge < -0.3 is 4.74 Å². The van der Waals surface area contributed by atoms with Crippen LogP contribution in [-0.2, 0) is 14.8 Å². The van der Waals surface area contributed by atoms with Gasteiger partial charge in [0.15, 0.2) is 0 Å². The van der Waals surface area contributed by atoms with Gasteiger partial charge in [0.2, 0.25) is 10.0 Å². The molecular weight excluding hydrogens is 308 g/mol. The molecule has 2 aliphatic rings. The molecule has 2 fully saturated rings. The van der Waals surface area contributed by atoms with Crippen molar-refractivity contribution >= 4 is 29.5 Å². The number of morpholine rings is 1. The van der Waals surface area contributed by atoms with Gasteiger partial charge in [-0.05, 0) is 36.6 Å². The summed E-state index contributed by atoms with van der Waals surface area (Å²) in [5.74, 6) is -0.0324. The minimum Gasteiger partial charge on any atom is -0.379 e. The van der Waals surface area contributed by atoms with Crippen LogP contribution in [0.1, 0.15) is 19.3 Å². The average Bonchev–Trinajstić information content (AvgIpc) is 3.23. The molecule has 0 bridgehead atoms. The molecule has 0 aromatic heterocycles. The molecule has 1 aromatic rings. The van der Waals surface area contributed by atoms with Crippen molar-refractivity contribution in [1.82, 2.24) is 4.31 Å². The van der Waals surface area contributed by atoms with Gasteiger partial charge in [0.05, 0.1) is 26.0 Å². The topological polar surface area (TPSA) is 46.6 Å². The van der Waals surface area contributed by atoms with Gasteiger partial charge in [0.1, 0.15) is 0 Å². The molecule has 1 heterocycles. The number of rotatable bonds is 4. The van der Waals surface area contributed by atoms with Crippen LogP contribution in [0.5, 0.6) is 0 Å². The van der Waals surface area contributed by atoms with E-state index in [9.17, 15) is 8.42 Å². The molecule has 1 saturated heterocycles. The van der Waals surface area contributed by atoms with Gasteiger partial charge in [0, 0.05) is 17.0 Å². The summed E-state index contributed by atoms with van der Waals surface area (Å²) in [5, 5.41) is 0.509. The fourth-order valence-electron chi connectivity index (χ4n) is 2.76. The van der Waals surface area contributed by atoms with E-state index in [4.69, 9.17) is 24.2 Å². The summed E-state index contributed by atoms with van der Waals surface area (Å²) in [6.45, 7) is 0.644. The molecular formula is C14H17BClNO3S. The number of sulfonamides is 1. The first-order valence-corrected chi connectivity index (χ1v) is 8.92. The van der Waals surface area contributed by atoms with Gasteiger partial charge in [-0.25, -0.2) is 8.42 Å². The van der Waals surface area contributed by atoms with E-state index in [1.165, 1.54) is 29.3 Å². The lowest BCUT2D eigenvalue weighted by atomic mass is 9.94. The molecule has 7 heteroatoms. The van der Waals surface area contributed by atoms with Crippen molar-refractivity contribution in [2.45, 2.75) is 36.1 Å². The Balaban J connectivity index is 1.90. The van der Waals surface area contributed by atoms with Gasteiger partial charge in [-0.3, -0.25) is 0 Å². The van der Waals surface area contributed by atoms with E-state index in [2.05, 4.69) is 0 Å². The Hall–Kier alpha value is -0.555. The van der Waals surface area contributed by atoms with Crippen LogP contribution in [0.4, 0.5) is 0 Å². The predicted octanol–water partition coefficient (Wildman–Crippen LogP) is 2.02. The molecule has 0 unspecified atom stereocenters. The monoisotopic (exact) mass is 325 g/mol. The summed E-state index contributed by atoms with van der Waals surface area (Å²) in [6, 6.07) is 6.02. The van der Waals surface area contributed by atoms with Gasteiger partial charge >= 0.3 is 0 Å². The predicted molar refractivity (Wildman–Crippen MR) is 82.0 cm³/mol. The Morgan fingerprint density at radius 2 is 1.90 bits per heavy atom. The normalized spacial score (nSPS) is 27.7. The van der Waals surface area contributed by atoms with Crippen LogP contribution in [0, 0.1) is 5.92 Å². The molecule has 0 spiro atoms. The van der Waals surface area contributed by atoms with E-state index in [1.807, 2.05) is 0 Å². The van der Waals surface area contributed by atoms with E-state index in [0.717, 1.165) is 6.42 Å². The highest BCUT2D eigenvalue weighted by molar-refractivity contribution is 7.89. The summed E-state index contributed by atoms with van der Waals surface area (Å²) < 4.78 is 32.6. The second-order valence-electron chi connectivity index (χ2n) is 5.73. The highest BCUT2D eigenvalue weighted by Crippen LogP contribution is 2.37. The summed E-state index contributed by atoms with van der Waals surface area (Å²) in [5.41, 5.74) is 0. The third-order valence-corrected chi connectivity index (χ3v) is 6.22. The second-order valence-corrected chi connectivity index (χ2v) is 8.01. The second kappa shape index (κ2) is 5.91. The van der Waals surface area contributed by atoms with Gasteiger partial charge in [0.25, 0.3) is 0 Å². The molecule has 0 N–H and O–H groups in total. The minimum absolute atomic E-state index is 0.179. The Bertz CT molecular complexity index is 603. The molecule has 3 rings (SSSR count). The number of nitrogens with zero attached hydrogens (tertiary/aromatic N) is 1. The summed E-state index contributed by atoms with van der Waals surface area (Å²) in [4.78, 5) is 0.227. The summed E-state index contributed by atoms with van der Waals surface area (Å²) in [7, 11) is 2.39. The van der Waals surface area contributed by atoms with Crippen molar-refractivity contribution in [2.24, 2.45) is 5.92 Å². The van der Waals surface area contributed by atoms with Crippen LogP contribution in [0.25, 0.3) is 0 Å². The highest BCUT2D eigenvalue weighted by atomic mass is 35.5. The van der Waals surface area contributed by atoms with Crippen LogP contribution in [-0.4, -0.2) is 45.8 Å². The SMILES string of the molecule is [B][C@H]1COC[C@@H](CC2CC2)N1S(=O)(=O)c1ccc(Cl)cc1. The largest absolute Gasteiger partial charge is 0.379 e. The third kappa shape index (κ3) is 3.28. The molecule has 2 radical (unpaired) electrons. The van der Waals surface area contributed by atoms with E-state index < -0.39 is 16.0 Å². The lowest BCUT2D eigenvalue weighted by molar-refractivity contribution is 0.0143. The molecule has 4 nitrogen and oxygen atoms in total. The molecule has 1 aromatic carbocycles. The minimum atomic E-state index is -3.63. The standard InChI is InChI=1S/C14H17BClNO3S/c15-14-9-20-8-12(7-10-1-2-10)17(14)21(18,19)13-5-3-11(16)4-6-13/h3-6,10,12,14H,1-2,7-9H2/t12-,14-/m1/s1. The number of hydrogen-bond donors (Lipinski definition) is 0. The molecule has 1 aliphatic heterocycles. The molecule has 112 valence electrons. The van der Waals surface area contributed by atoms with E-state index in [1.54, 1.807) is 12.1 Å². The lowest BCUT2D eigenvalue weighted by Gasteiger charge is -2.39. The molecule has 2 atom stereocenters. The maximum atomic E-state index is 12.9. The van der Waals surface area contributed by atoms with Gasteiger partial charge in [-0.15, -0.1) is 0 Å².